The monoisotopic (exact) mass is 290 g/mol. The van der Waals surface area contributed by atoms with Gasteiger partial charge in [-0.3, -0.25) is 4.79 Å². The van der Waals surface area contributed by atoms with Crippen molar-refractivity contribution in [2.75, 3.05) is 11.4 Å². The number of benzene rings is 1. The maximum Gasteiger partial charge on any atom is 0.268 e. The maximum atomic E-state index is 12.6. The molecule has 21 heavy (non-hydrogen) atoms. The summed E-state index contributed by atoms with van der Waals surface area (Å²) in [5.74, 6) is 0.879. The zero-order chi connectivity index (χ0) is 15.2. The van der Waals surface area contributed by atoms with E-state index < -0.39 is 0 Å². The zero-order valence-corrected chi connectivity index (χ0v) is 13.1. The van der Waals surface area contributed by atoms with Crippen LogP contribution in [0, 0.1) is 0 Å². The minimum atomic E-state index is -0.354. The Hall–Kier alpha value is -1.55. The Balaban J connectivity index is 2.21. The van der Waals surface area contributed by atoms with Crippen LogP contribution in [0.1, 0.15) is 51.5 Å². The summed E-state index contributed by atoms with van der Waals surface area (Å²) < 4.78 is 5.82. The van der Waals surface area contributed by atoms with E-state index >= 15 is 0 Å². The van der Waals surface area contributed by atoms with Crippen LogP contribution >= 0.6 is 0 Å². The van der Waals surface area contributed by atoms with Crippen molar-refractivity contribution in [1.29, 1.82) is 0 Å². The van der Waals surface area contributed by atoms with Crippen LogP contribution in [0.25, 0.3) is 0 Å². The van der Waals surface area contributed by atoms with Gasteiger partial charge in [-0.15, -0.1) is 0 Å². The summed E-state index contributed by atoms with van der Waals surface area (Å²) in [7, 11) is 0. The number of hydrogen-bond donors (Lipinski definition) is 1. The molecular weight excluding hydrogens is 264 g/mol. The van der Waals surface area contributed by atoms with Crippen LogP contribution in [-0.4, -0.2) is 18.6 Å². The van der Waals surface area contributed by atoms with Crippen LogP contribution in [0.2, 0.25) is 0 Å². The number of ether oxygens (including phenoxy) is 1. The molecule has 1 aromatic rings. The number of anilines is 1. The SMILES string of the molecule is CCCCCCN1C(=O)C(CC)Oc2ccc(CN)cc21. The molecule has 0 bridgehead atoms. The molecule has 4 heteroatoms. The fourth-order valence-corrected chi connectivity index (χ4v) is 2.68. The van der Waals surface area contributed by atoms with Gasteiger partial charge in [0.2, 0.25) is 0 Å². The summed E-state index contributed by atoms with van der Waals surface area (Å²) in [5, 5.41) is 0. The number of nitrogens with two attached hydrogens (primary N) is 1. The quantitative estimate of drug-likeness (QED) is 0.784. The third kappa shape index (κ3) is 3.56. The van der Waals surface area contributed by atoms with Crippen molar-refractivity contribution >= 4 is 11.6 Å². The molecule has 1 aliphatic heterocycles. The first-order valence-electron chi connectivity index (χ1n) is 8.02. The summed E-state index contributed by atoms with van der Waals surface area (Å²) in [5.41, 5.74) is 7.62. The molecule has 1 amide bonds. The number of unbranched alkanes of at least 4 members (excludes halogenated alkanes) is 3. The smallest absolute Gasteiger partial charge is 0.268 e. The highest BCUT2D eigenvalue weighted by molar-refractivity contribution is 6.00. The van der Waals surface area contributed by atoms with E-state index in [1.807, 2.05) is 30.0 Å². The molecule has 4 nitrogen and oxygen atoms in total. The average molecular weight is 290 g/mol. The van der Waals surface area contributed by atoms with E-state index in [0.717, 1.165) is 36.4 Å². The first-order valence-corrected chi connectivity index (χ1v) is 8.02. The Bertz CT molecular complexity index is 488. The lowest BCUT2D eigenvalue weighted by atomic mass is 10.1. The second-order valence-electron chi connectivity index (χ2n) is 5.57. The van der Waals surface area contributed by atoms with Crippen LogP contribution in [0.15, 0.2) is 18.2 Å². The third-order valence-corrected chi connectivity index (χ3v) is 3.97. The van der Waals surface area contributed by atoms with Gasteiger partial charge in [0, 0.05) is 13.1 Å². The van der Waals surface area contributed by atoms with Gasteiger partial charge in [-0.2, -0.15) is 0 Å². The highest BCUT2D eigenvalue weighted by Gasteiger charge is 2.32. The van der Waals surface area contributed by atoms with Crippen molar-refractivity contribution in [2.45, 2.75) is 58.6 Å². The lowest BCUT2D eigenvalue weighted by Crippen LogP contribution is -2.46. The van der Waals surface area contributed by atoms with Crippen molar-refractivity contribution in [3.05, 3.63) is 23.8 Å². The Morgan fingerprint density at radius 1 is 1.24 bits per heavy atom. The summed E-state index contributed by atoms with van der Waals surface area (Å²) in [6, 6.07) is 5.89. The molecule has 0 fully saturated rings. The Kier molecular flexibility index (Phi) is 5.62. The van der Waals surface area contributed by atoms with Gasteiger partial charge >= 0.3 is 0 Å². The predicted octanol–water partition coefficient (Wildman–Crippen LogP) is 3.23. The second-order valence-corrected chi connectivity index (χ2v) is 5.57. The minimum absolute atomic E-state index is 0.0793. The van der Waals surface area contributed by atoms with Gasteiger partial charge in [-0.25, -0.2) is 0 Å². The van der Waals surface area contributed by atoms with Crippen molar-refractivity contribution in [3.8, 4) is 5.75 Å². The Morgan fingerprint density at radius 2 is 2.05 bits per heavy atom. The number of carbonyl (C=O) groups excluding carboxylic acids is 1. The Morgan fingerprint density at radius 3 is 2.71 bits per heavy atom. The van der Waals surface area contributed by atoms with Gasteiger partial charge in [0.05, 0.1) is 5.69 Å². The number of amides is 1. The topological polar surface area (TPSA) is 55.6 Å². The first kappa shape index (κ1) is 15.8. The molecule has 1 heterocycles. The van der Waals surface area contributed by atoms with E-state index in [9.17, 15) is 4.79 Å². The highest BCUT2D eigenvalue weighted by atomic mass is 16.5. The molecule has 2 rings (SSSR count). The third-order valence-electron chi connectivity index (χ3n) is 3.97. The highest BCUT2D eigenvalue weighted by Crippen LogP contribution is 2.35. The average Bonchev–Trinajstić information content (AvgIpc) is 2.52. The largest absolute Gasteiger partial charge is 0.478 e. The molecular formula is C17H26N2O2. The normalized spacial score (nSPS) is 17.6. The molecule has 0 aromatic heterocycles. The molecule has 1 atom stereocenters. The van der Waals surface area contributed by atoms with Crippen molar-refractivity contribution in [3.63, 3.8) is 0 Å². The number of rotatable bonds is 7. The van der Waals surface area contributed by atoms with E-state index in [2.05, 4.69) is 6.92 Å². The molecule has 116 valence electrons. The van der Waals surface area contributed by atoms with Crippen LogP contribution in [0.4, 0.5) is 5.69 Å². The summed E-state index contributed by atoms with van der Waals surface area (Å²) in [6.45, 7) is 5.41. The van der Waals surface area contributed by atoms with Gasteiger partial charge < -0.3 is 15.4 Å². The molecule has 2 N–H and O–H groups in total. The Labute approximate surface area is 127 Å². The maximum absolute atomic E-state index is 12.6. The number of carbonyl (C=O) groups is 1. The summed E-state index contributed by atoms with van der Waals surface area (Å²) in [4.78, 5) is 14.4. The molecule has 0 aliphatic carbocycles. The van der Waals surface area contributed by atoms with Crippen LogP contribution in [0.3, 0.4) is 0 Å². The van der Waals surface area contributed by atoms with Crippen LogP contribution in [0.5, 0.6) is 5.75 Å². The molecule has 0 saturated carbocycles. The standard InChI is InChI=1S/C17H26N2O2/c1-3-5-6-7-10-19-14-11-13(12-18)8-9-16(14)21-15(4-2)17(19)20/h8-9,11,15H,3-7,10,12,18H2,1-2H3. The van der Waals surface area contributed by atoms with Crippen molar-refractivity contribution in [2.24, 2.45) is 5.73 Å². The second kappa shape index (κ2) is 7.46. The number of nitrogens with zero attached hydrogens (tertiary/aromatic N) is 1. The van der Waals surface area contributed by atoms with Crippen molar-refractivity contribution in [1.82, 2.24) is 0 Å². The van der Waals surface area contributed by atoms with Gasteiger partial charge in [0.1, 0.15) is 5.75 Å². The first-order chi connectivity index (χ1) is 10.2. The van der Waals surface area contributed by atoms with E-state index in [4.69, 9.17) is 10.5 Å². The minimum Gasteiger partial charge on any atom is -0.478 e. The predicted molar refractivity (Wildman–Crippen MR) is 85.5 cm³/mol. The fourth-order valence-electron chi connectivity index (χ4n) is 2.68. The molecule has 1 aromatic carbocycles. The lowest BCUT2D eigenvalue weighted by Gasteiger charge is -2.34. The molecule has 1 unspecified atom stereocenters. The molecule has 0 radical (unpaired) electrons. The molecule has 0 saturated heterocycles. The fraction of sp³-hybridized carbons (Fsp3) is 0.588. The molecule has 1 aliphatic rings. The number of fused-ring (bicyclic) bond motifs is 1. The van der Waals surface area contributed by atoms with E-state index in [1.54, 1.807) is 0 Å². The molecule has 0 spiro atoms. The van der Waals surface area contributed by atoms with E-state index in [1.165, 1.54) is 12.8 Å². The van der Waals surface area contributed by atoms with Gasteiger partial charge in [-0.05, 0) is 30.5 Å². The van der Waals surface area contributed by atoms with Gasteiger partial charge in [0.25, 0.3) is 5.91 Å². The lowest BCUT2D eigenvalue weighted by molar-refractivity contribution is -0.126. The van der Waals surface area contributed by atoms with E-state index in [-0.39, 0.29) is 12.0 Å². The van der Waals surface area contributed by atoms with Gasteiger partial charge in [-0.1, -0.05) is 39.2 Å². The van der Waals surface area contributed by atoms with Crippen molar-refractivity contribution < 1.29 is 9.53 Å². The zero-order valence-electron chi connectivity index (χ0n) is 13.1. The van der Waals surface area contributed by atoms with Crippen LogP contribution in [-0.2, 0) is 11.3 Å². The van der Waals surface area contributed by atoms with E-state index in [0.29, 0.717) is 13.0 Å². The van der Waals surface area contributed by atoms with Crippen LogP contribution < -0.4 is 15.4 Å². The summed E-state index contributed by atoms with van der Waals surface area (Å²) >= 11 is 0. The number of hydrogen-bond acceptors (Lipinski definition) is 3. The van der Waals surface area contributed by atoms with Gasteiger partial charge in [0.15, 0.2) is 6.10 Å². The summed E-state index contributed by atoms with van der Waals surface area (Å²) in [6.07, 6.45) is 4.94.